The zero-order valence-electron chi connectivity index (χ0n) is 12.2. The summed E-state index contributed by atoms with van der Waals surface area (Å²) < 4.78 is 15.0. The van der Waals surface area contributed by atoms with Crippen LogP contribution in [0.2, 0.25) is 0 Å². The van der Waals surface area contributed by atoms with Crippen LogP contribution in [-0.2, 0) is 4.74 Å². The first-order chi connectivity index (χ1) is 10.7. The van der Waals surface area contributed by atoms with E-state index in [0.717, 1.165) is 22.5 Å². The largest absolute Gasteiger partial charge is 0.458 e. The summed E-state index contributed by atoms with van der Waals surface area (Å²) in [5.74, 6) is 0.480. The summed E-state index contributed by atoms with van der Waals surface area (Å²) in [5, 5.41) is 7.66. The van der Waals surface area contributed by atoms with Gasteiger partial charge < -0.3 is 14.5 Å². The minimum atomic E-state index is -0.350. The number of carbonyl (C=O) groups is 1. The number of hydrogen-bond donors (Lipinski definition) is 1. The number of fused-ring (bicyclic) bond motifs is 1. The van der Waals surface area contributed by atoms with Crippen LogP contribution in [-0.4, -0.2) is 29.1 Å². The quantitative estimate of drug-likeness (QED) is 0.783. The van der Waals surface area contributed by atoms with E-state index >= 15 is 0 Å². The number of carbonyl (C=O) groups excluding carboxylic acids is 1. The fourth-order valence-corrected chi connectivity index (χ4v) is 2.74. The van der Waals surface area contributed by atoms with Gasteiger partial charge in [0.25, 0.3) is 5.91 Å². The Hall–Kier alpha value is -2.25. The number of furan rings is 1. The van der Waals surface area contributed by atoms with E-state index < -0.39 is 0 Å². The smallest absolute Gasteiger partial charge is 0.265 e. The molecule has 1 unspecified atom stereocenters. The number of methoxy groups -OCH3 is 1. The molecule has 7 heteroatoms. The lowest BCUT2D eigenvalue weighted by atomic mass is 10.2. The van der Waals surface area contributed by atoms with E-state index in [1.54, 1.807) is 14.0 Å². The Labute approximate surface area is 131 Å². The number of nitrogens with zero attached hydrogens (tertiary/aromatic N) is 2. The van der Waals surface area contributed by atoms with Gasteiger partial charge in [-0.3, -0.25) is 4.79 Å². The molecule has 22 heavy (non-hydrogen) atoms. The number of rotatable bonds is 5. The maximum Gasteiger partial charge on any atom is 0.265 e. The van der Waals surface area contributed by atoms with Gasteiger partial charge in [0.1, 0.15) is 22.3 Å². The van der Waals surface area contributed by atoms with Crippen molar-refractivity contribution >= 4 is 28.4 Å². The summed E-state index contributed by atoms with van der Waals surface area (Å²) in [4.78, 5) is 12.6. The van der Waals surface area contributed by atoms with Crippen LogP contribution in [0.1, 0.15) is 27.2 Å². The molecular weight excluding hydrogens is 302 g/mol. The molecule has 1 atom stereocenters. The third-order valence-electron chi connectivity index (χ3n) is 3.35. The van der Waals surface area contributed by atoms with Gasteiger partial charge in [0.05, 0.1) is 12.2 Å². The van der Waals surface area contributed by atoms with E-state index in [0.29, 0.717) is 22.9 Å². The predicted octanol–water partition coefficient (Wildman–Crippen LogP) is 2.71. The molecule has 0 radical (unpaired) electrons. The first-order valence-corrected chi connectivity index (χ1v) is 7.55. The van der Waals surface area contributed by atoms with Crippen LogP contribution in [0.15, 0.2) is 34.7 Å². The highest BCUT2D eigenvalue weighted by atomic mass is 32.1. The Kier molecular flexibility index (Phi) is 4.17. The van der Waals surface area contributed by atoms with Gasteiger partial charge in [-0.05, 0) is 30.6 Å². The van der Waals surface area contributed by atoms with Crippen molar-refractivity contribution in [3.63, 3.8) is 0 Å². The molecule has 0 saturated heterocycles. The van der Waals surface area contributed by atoms with E-state index in [-0.39, 0.29) is 12.0 Å². The van der Waals surface area contributed by atoms with Crippen LogP contribution < -0.4 is 5.32 Å². The van der Waals surface area contributed by atoms with Crippen molar-refractivity contribution < 1.29 is 13.9 Å². The van der Waals surface area contributed by atoms with Crippen molar-refractivity contribution in [2.45, 2.75) is 13.0 Å². The second-order valence-corrected chi connectivity index (χ2v) is 5.56. The van der Waals surface area contributed by atoms with E-state index in [9.17, 15) is 4.79 Å². The number of ether oxygens (including phenoxy) is 1. The highest BCUT2D eigenvalue weighted by molar-refractivity contribution is 7.07. The molecule has 1 aromatic carbocycles. The summed E-state index contributed by atoms with van der Waals surface area (Å²) in [6.45, 7) is 2.07. The van der Waals surface area contributed by atoms with Gasteiger partial charge in [-0.1, -0.05) is 22.7 Å². The lowest BCUT2D eigenvalue weighted by molar-refractivity contribution is 0.0748. The highest BCUT2D eigenvalue weighted by Crippen LogP contribution is 2.25. The van der Waals surface area contributed by atoms with Crippen molar-refractivity contribution in [1.29, 1.82) is 0 Å². The number of hydrogen-bond acceptors (Lipinski definition) is 6. The van der Waals surface area contributed by atoms with Crippen LogP contribution in [0.4, 0.5) is 0 Å². The third kappa shape index (κ3) is 2.86. The zero-order chi connectivity index (χ0) is 15.5. The van der Waals surface area contributed by atoms with Gasteiger partial charge in [0.2, 0.25) is 0 Å². The Morgan fingerprint density at radius 1 is 1.45 bits per heavy atom. The van der Waals surface area contributed by atoms with E-state index in [1.807, 2.05) is 30.3 Å². The molecule has 3 rings (SSSR count). The maximum atomic E-state index is 12.1. The SMILES string of the molecule is COC(CNC(=O)c1snnc1C)c1cc2ccccc2o1. The fraction of sp³-hybridized carbons (Fsp3) is 0.267. The molecule has 114 valence electrons. The Balaban J connectivity index is 1.72. The number of nitrogens with one attached hydrogen (secondary N) is 1. The summed E-state index contributed by atoms with van der Waals surface area (Å²) in [5.41, 5.74) is 1.42. The molecule has 3 aromatic rings. The number of para-hydroxylation sites is 1. The second kappa shape index (κ2) is 6.25. The number of aromatic nitrogens is 2. The van der Waals surface area contributed by atoms with Crippen LogP contribution in [0.25, 0.3) is 11.0 Å². The van der Waals surface area contributed by atoms with Crippen molar-refractivity contribution in [2.24, 2.45) is 0 Å². The topological polar surface area (TPSA) is 77.2 Å². The average molecular weight is 317 g/mol. The van der Waals surface area contributed by atoms with Crippen LogP contribution in [0.5, 0.6) is 0 Å². The molecule has 0 saturated carbocycles. The molecule has 2 aromatic heterocycles. The summed E-state index contributed by atoms with van der Waals surface area (Å²) in [6, 6.07) is 9.66. The van der Waals surface area contributed by atoms with E-state index in [4.69, 9.17) is 9.15 Å². The molecular formula is C15H15N3O3S. The predicted molar refractivity (Wildman–Crippen MR) is 82.9 cm³/mol. The van der Waals surface area contributed by atoms with Crippen LogP contribution in [0, 0.1) is 6.92 Å². The molecule has 0 aliphatic carbocycles. The molecule has 0 spiro atoms. The van der Waals surface area contributed by atoms with Crippen LogP contribution in [0.3, 0.4) is 0 Å². The molecule has 0 fully saturated rings. The van der Waals surface area contributed by atoms with Crippen molar-refractivity contribution in [3.05, 3.63) is 46.7 Å². The normalized spacial score (nSPS) is 12.5. The van der Waals surface area contributed by atoms with E-state index in [1.165, 1.54) is 0 Å². The van der Waals surface area contributed by atoms with Crippen LogP contribution >= 0.6 is 11.5 Å². The van der Waals surface area contributed by atoms with Gasteiger partial charge in [0, 0.05) is 12.5 Å². The highest BCUT2D eigenvalue weighted by Gasteiger charge is 2.19. The van der Waals surface area contributed by atoms with Crippen molar-refractivity contribution in [3.8, 4) is 0 Å². The van der Waals surface area contributed by atoms with Crippen molar-refractivity contribution in [1.82, 2.24) is 14.9 Å². The van der Waals surface area contributed by atoms with E-state index in [2.05, 4.69) is 14.9 Å². The Bertz CT molecular complexity index is 763. The average Bonchev–Trinajstić information content (AvgIpc) is 3.13. The summed E-state index contributed by atoms with van der Waals surface area (Å²) in [6.07, 6.45) is -0.350. The van der Waals surface area contributed by atoms with Crippen molar-refractivity contribution in [2.75, 3.05) is 13.7 Å². The second-order valence-electron chi connectivity index (χ2n) is 4.81. The molecule has 1 N–H and O–H groups in total. The monoisotopic (exact) mass is 317 g/mol. The fourth-order valence-electron chi connectivity index (χ4n) is 2.17. The molecule has 0 aliphatic heterocycles. The van der Waals surface area contributed by atoms with Gasteiger partial charge in [0.15, 0.2) is 0 Å². The first-order valence-electron chi connectivity index (χ1n) is 6.77. The minimum absolute atomic E-state index is 0.203. The summed E-state index contributed by atoms with van der Waals surface area (Å²) in [7, 11) is 1.59. The number of benzene rings is 1. The lowest BCUT2D eigenvalue weighted by Crippen LogP contribution is -2.28. The zero-order valence-corrected chi connectivity index (χ0v) is 13.0. The standard InChI is InChI=1S/C15H15N3O3S/c1-9-14(22-18-17-9)15(19)16-8-13(20-2)12-7-10-5-3-4-6-11(10)21-12/h3-7,13H,8H2,1-2H3,(H,16,19). The Morgan fingerprint density at radius 2 is 2.27 bits per heavy atom. The molecule has 6 nitrogen and oxygen atoms in total. The first kappa shape index (κ1) is 14.7. The number of aryl methyl sites for hydroxylation is 1. The van der Waals surface area contributed by atoms with Gasteiger partial charge >= 0.3 is 0 Å². The Morgan fingerprint density at radius 3 is 2.95 bits per heavy atom. The summed E-state index contributed by atoms with van der Waals surface area (Å²) >= 11 is 1.08. The molecule has 2 heterocycles. The molecule has 1 amide bonds. The van der Waals surface area contributed by atoms with Gasteiger partial charge in [-0.2, -0.15) is 0 Å². The lowest BCUT2D eigenvalue weighted by Gasteiger charge is -2.13. The van der Waals surface area contributed by atoms with Gasteiger partial charge in [-0.15, -0.1) is 5.10 Å². The molecule has 0 aliphatic rings. The molecule has 0 bridgehead atoms. The minimum Gasteiger partial charge on any atom is -0.458 e. The number of amides is 1. The van der Waals surface area contributed by atoms with Gasteiger partial charge in [-0.25, -0.2) is 0 Å². The third-order valence-corrected chi connectivity index (χ3v) is 4.18. The maximum absolute atomic E-state index is 12.1.